The average molecular weight is 393 g/mol. The molecule has 0 fully saturated rings. The fourth-order valence-corrected chi connectivity index (χ4v) is 2.71. The van der Waals surface area contributed by atoms with Gasteiger partial charge < -0.3 is 19.9 Å². The predicted octanol–water partition coefficient (Wildman–Crippen LogP) is 2.01. The van der Waals surface area contributed by atoms with Gasteiger partial charge >= 0.3 is 0 Å². The van der Waals surface area contributed by atoms with Crippen molar-refractivity contribution in [2.75, 3.05) is 13.7 Å². The number of aryl methyl sites for hydroxylation is 1. The van der Waals surface area contributed by atoms with Gasteiger partial charge in [-0.2, -0.15) is 0 Å². The molecular formula is C21H27N7O. The van der Waals surface area contributed by atoms with Crippen LogP contribution in [0.3, 0.4) is 0 Å². The Hall–Kier alpha value is -3.42. The summed E-state index contributed by atoms with van der Waals surface area (Å²) < 4.78 is 7.17. The number of nitrogens with one attached hydrogen (secondary N) is 2. The van der Waals surface area contributed by atoms with Crippen LogP contribution in [0.5, 0.6) is 5.75 Å². The maximum absolute atomic E-state index is 5.21. The average Bonchev–Trinajstić information content (AvgIpc) is 3.08. The Labute approximate surface area is 171 Å². The first kappa shape index (κ1) is 20.3. The first-order valence-corrected chi connectivity index (χ1v) is 9.55. The van der Waals surface area contributed by atoms with E-state index in [-0.39, 0.29) is 0 Å². The van der Waals surface area contributed by atoms with Gasteiger partial charge in [0.25, 0.3) is 0 Å². The highest BCUT2D eigenvalue weighted by Crippen LogP contribution is 2.11. The van der Waals surface area contributed by atoms with Gasteiger partial charge in [0.15, 0.2) is 11.8 Å². The van der Waals surface area contributed by atoms with Gasteiger partial charge in [-0.05, 0) is 43.2 Å². The van der Waals surface area contributed by atoms with E-state index in [4.69, 9.17) is 4.74 Å². The normalized spacial score (nSPS) is 11.3. The molecule has 0 aliphatic carbocycles. The summed E-state index contributed by atoms with van der Waals surface area (Å²) in [6, 6.07) is 13.9. The number of aromatic nitrogens is 4. The third-order valence-electron chi connectivity index (χ3n) is 4.59. The van der Waals surface area contributed by atoms with Crippen molar-refractivity contribution >= 4 is 5.96 Å². The number of nitrogens with zero attached hydrogens (tertiary/aromatic N) is 5. The van der Waals surface area contributed by atoms with Crippen molar-refractivity contribution in [2.24, 2.45) is 12.0 Å². The maximum Gasteiger partial charge on any atom is 0.192 e. The van der Waals surface area contributed by atoms with Crippen molar-refractivity contribution in [3.8, 4) is 5.75 Å². The van der Waals surface area contributed by atoms with Gasteiger partial charge in [0.2, 0.25) is 0 Å². The molecule has 1 aromatic carbocycles. The van der Waals surface area contributed by atoms with E-state index < -0.39 is 0 Å². The zero-order valence-corrected chi connectivity index (χ0v) is 17.1. The number of methoxy groups -OCH3 is 1. The lowest BCUT2D eigenvalue weighted by molar-refractivity contribution is 0.414. The van der Waals surface area contributed by atoms with Gasteiger partial charge in [0.1, 0.15) is 11.6 Å². The maximum atomic E-state index is 5.21. The molecule has 0 aliphatic heterocycles. The minimum atomic E-state index is 0.497. The van der Waals surface area contributed by atoms with Gasteiger partial charge in [-0.1, -0.05) is 18.2 Å². The molecule has 2 N–H and O–H groups in total. The van der Waals surface area contributed by atoms with Gasteiger partial charge in [0, 0.05) is 19.8 Å². The number of aliphatic imine (C=N–C) groups is 1. The van der Waals surface area contributed by atoms with Gasteiger partial charge in [-0.3, -0.25) is 4.98 Å². The van der Waals surface area contributed by atoms with Gasteiger partial charge in [0.05, 0.1) is 25.9 Å². The minimum Gasteiger partial charge on any atom is -0.497 e. The SMILES string of the molecule is COc1ccc(CCNC(=NCc2ccccn2)NCc2nnc(C)n2C)cc1. The molecule has 0 saturated carbocycles. The summed E-state index contributed by atoms with van der Waals surface area (Å²) in [5.41, 5.74) is 2.14. The topological polar surface area (TPSA) is 89.2 Å². The summed E-state index contributed by atoms with van der Waals surface area (Å²) in [5, 5.41) is 15.0. The largest absolute Gasteiger partial charge is 0.497 e. The van der Waals surface area contributed by atoms with Crippen LogP contribution in [0.4, 0.5) is 0 Å². The summed E-state index contributed by atoms with van der Waals surface area (Å²) in [7, 11) is 3.62. The van der Waals surface area contributed by atoms with Crippen LogP contribution >= 0.6 is 0 Å². The monoisotopic (exact) mass is 393 g/mol. The van der Waals surface area contributed by atoms with Crippen LogP contribution in [0.2, 0.25) is 0 Å². The van der Waals surface area contributed by atoms with E-state index in [1.807, 2.05) is 48.9 Å². The fraction of sp³-hybridized carbons (Fsp3) is 0.333. The molecule has 0 bridgehead atoms. The second kappa shape index (κ2) is 10.2. The second-order valence-corrected chi connectivity index (χ2v) is 6.59. The van der Waals surface area contributed by atoms with Crippen LogP contribution in [0.15, 0.2) is 53.7 Å². The van der Waals surface area contributed by atoms with Gasteiger partial charge in [-0.15, -0.1) is 10.2 Å². The van der Waals surface area contributed by atoms with Gasteiger partial charge in [-0.25, -0.2) is 4.99 Å². The lowest BCUT2D eigenvalue weighted by Gasteiger charge is -2.13. The third kappa shape index (κ3) is 6.03. The highest BCUT2D eigenvalue weighted by Gasteiger charge is 2.06. The quantitative estimate of drug-likeness (QED) is 0.450. The molecule has 0 atom stereocenters. The van der Waals surface area contributed by atoms with Crippen LogP contribution in [0.1, 0.15) is 22.9 Å². The molecular weight excluding hydrogens is 366 g/mol. The third-order valence-corrected chi connectivity index (χ3v) is 4.59. The Morgan fingerprint density at radius 3 is 2.59 bits per heavy atom. The summed E-state index contributed by atoms with van der Waals surface area (Å²) in [4.78, 5) is 8.99. The smallest absolute Gasteiger partial charge is 0.192 e. The second-order valence-electron chi connectivity index (χ2n) is 6.59. The summed E-state index contributed by atoms with van der Waals surface area (Å²) in [5.74, 6) is 3.30. The van der Waals surface area contributed by atoms with E-state index in [0.29, 0.717) is 19.0 Å². The first-order valence-electron chi connectivity index (χ1n) is 9.55. The highest BCUT2D eigenvalue weighted by molar-refractivity contribution is 5.79. The highest BCUT2D eigenvalue weighted by atomic mass is 16.5. The molecule has 3 aromatic rings. The van der Waals surface area contributed by atoms with E-state index >= 15 is 0 Å². The van der Waals surface area contributed by atoms with E-state index in [1.54, 1.807) is 13.3 Å². The minimum absolute atomic E-state index is 0.497. The number of rotatable bonds is 8. The Bertz CT molecular complexity index is 920. The van der Waals surface area contributed by atoms with E-state index in [9.17, 15) is 0 Å². The molecule has 0 aliphatic rings. The Morgan fingerprint density at radius 2 is 1.93 bits per heavy atom. The number of pyridine rings is 1. The molecule has 29 heavy (non-hydrogen) atoms. The molecule has 2 heterocycles. The lowest BCUT2D eigenvalue weighted by atomic mass is 10.1. The molecule has 3 rings (SSSR count). The van der Waals surface area contributed by atoms with Crippen LogP contribution in [-0.4, -0.2) is 39.4 Å². The molecule has 0 spiro atoms. The molecule has 0 unspecified atom stereocenters. The molecule has 0 saturated heterocycles. The van der Waals surface area contributed by atoms with E-state index in [2.05, 4.69) is 42.9 Å². The Morgan fingerprint density at radius 1 is 1.10 bits per heavy atom. The first-order chi connectivity index (χ1) is 14.2. The van der Waals surface area contributed by atoms with Crippen LogP contribution in [0, 0.1) is 6.92 Å². The summed E-state index contributed by atoms with van der Waals surface area (Å²) in [6.07, 6.45) is 2.65. The predicted molar refractivity (Wildman–Crippen MR) is 113 cm³/mol. The Kier molecular flexibility index (Phi) is 7.16. The lowest BCUT2D eigenvalue weighted by Crippen LogP contribution is -2.38. The van der Waals surface area contributed by atoms with Crippen molar-refractivity contribution in [3.63, 3.8) is 0 Å². The summed E-state index contributed by atoms with van der Waals surface area (Å²) >= 11 is 0. The number of benzene rings is 1. The molecule has 0 amide bonds. The van der Waals surface area contributed by atoms with Crippen molar-refractivity contribution in [1.82, 2.24) is 30.4 Å². The number of hydrogen-bond acceptors (Lipinski definition) is 5. The number of hydrogen-bond donors (Lipinski definition) is 2. The zero-order valence-electron chi connectivity index (χ0n) is 17.1. The molecule has 8 nitrogen and oxygen atoms in total. The van der Waals surface area contributed by atoms with E-state index in [1.165, 1.54) is 5.56 Å². The number of ether oxygens (including phenoxy) is 1. The van der Waals surface area contributed by atoms with Crippen molar-refractivity contribution < 1.29 is 4.74 Å². The molecule has 8 heteroatoms. The summed E-state index contributed by atoms with van der Waals surface area (Å²) in [6.45, 7) is 3.71. The van der Waals surface area contributed by atoms with Crippen molar-refractivity contribution in [3.05, 3.63) is 71.6 Å². The Balaban J connectivity index is 1.60. The number of guanidine groups is 1. The molecule has 0 radical (unpaired) electrons. The van der Waals surface area contributed by atoms with Crippen molar-refractivity contribution in [1.29, 1.82) is 0 Å². The molecule has 2 aromatic heterocycles. The van der Waals surface area contributed by atoms with Crippen molar-refractivity contribution in [2.45, 2.75) is 26.4 Å². The van der Waals surface area contributed by atoms with Crippen LogP contribution in [0.25, 0.3) is 0 Å². The fourth-order valence-electron chi connectivity index (χ4n) is 2.71. The van der Waals surface area contributed by atoms with Crippen LogP contribution < -0.4 is 15.4 Å². The van der Waals surface area contributed by atoms with Crippen LogP contribution in [-0.2, 0) is 26.6 Å². The molecule has 152 valence electrons. The standard InChI is InChI=1S/C21H27N7O/c1-16-26-27-20(28(16)2)15-25-21(24-14-18-6-4-5-12-22-18)23-13-11-17-7-9-19(29-3)10-8-17/h4-10,12H,11,13-15H2,1-3H3,(H2,23,24,25). The van der Waals surface area contributed by atoms with E-state index in [0.717, 1.165) is 36.1 Å². The zero-order chi connectivity index (χ0) is 20.5.